The third-order valence-electron chi connectivity index (χ3n) is 2.59. The zero-order valence-corrected chi connectivity index (χ0v) is 8.55. The second kappa shape index (κ2) is 4.11. The number of aromatic amines is 1. The van der Waals surface area contributed by atoms with Crippen molar-refractivity contribution in [2.75, 3.05) is 13.2 Å². The molecule has 1 aromatic rings. The largest absolute Gasteiger partial charge is 0.372 e. The van der Waals surface area contributed by atoms with Gasteiger partial charge in [0.1, 0.15) is 11.9 Å². The highest BCUT2D eigenvalue weighted by atomic mass is 16.5. The molecule has 1 aliphatic heterocycles. The van der Waals surface area contributed by atoms with Gasteiger partial charge in [-0.1, -0.05) is 0 Å². The van der Waals surface area contributed by atoms with E-state index >= 15 is 0 Å². The molecule has 0 saturated carbocycles. The van der Waals surface area contributed by atoms with Crippen LogP contribution in [0.5, 0.6) is 0 Å². The summed E-state index contributed by atoms with van der Waals surface area (Å²) in [5, 5.41) is 0. The van der Waals surface area contributed by atoms with Gasteiger partial charge < -0.3 is 15.5 Å². The number of aromatic nitrogens is 2. The van der Waals surface area contributed by atoms with E-state index in [1.54, 1.807) is 0 Å². The molecule has 0 aromatic carbocycles. The fourth-order valence-corrected chi connectivity index (χ4v) is 1.90. The molecule has 3 N–H and O–H groups in total. The van der Waals surface area contributed by atoms with Crippen LogP contribution in [-0.2, 0) is 11.2 Å². The summed E-state index contributed by atoms with van der Waals surface area (Å²) in [6.45, 7) is 3.55. The number of hydrogen-bond donors (Lipinski definition) is 2. The summed E-state index contributed by atoms with van der Waals surface area (Å²) < 4.78 is 5.60. The van der Waals surface area contributed by atoms with Gasteiger partial charge in [-0.15, -0.1) is 0 Å². The Morgan fingerprint density at radius 3 is 3.14 bits per heavy atom. The Bertz CT molecular complexity index is 302. The number of hydrogen-bond acceptors (Lipinski definition) is 3. The molecule has 0 amide bonds. The fourth-order valence-electron chi connectivity index (χ4n) is 1.90. The molecule has 2 rings (SSSR count). The Morgan fingerprint density at radius 2 is 2.50 bits per heavy atom. The lowest BCUT2D eigenvalue weighted by atomic mass is 10.1. The Labute approximate surface area is 83.9 Å². The Morgan fingerprint density at radius 1 is 1.64 bits per heavy atom. The van der Waals surface area contributed by atoms with Crippen molar-refractivity contribution in [3.8, 4) is 0 Å². The molecule has 1 saturated heterocycles. The minimum absolute atomic E-state index is 0.206. The smallest absolute Gasteiger partial charge is 0.107 e. The van der Waals surface area contributed by atoms with Crippen LogP contribution in [0.15, 0.2) is 0 Å². The zero-order chi connectivity index (χ0) is 9.97. The van der Waals surface area contributed by atoms with Crippen LogP contribution >= 0.6 is 0 Å². The van der Waals surface area contributed by atoms with Crippen LogP contribution in [-0.4, -0.2) is 23.1 Å². The van der Waals surface area contributed by atoms with E-state index in [9.17, 15) is 0 Å². The number of aryl methyl sites for hydroxylation is 1. The normalized spacial score (nSPS) is 21.7. The van der Waals surface area contributed by atoms with Crippen molar-refractivity contribution in [3.05, 3.63) is 17.2 Å². The molecule has 2 heterocycles. The first-order valence-electron chi connectivity index (χ1n) is 5.18. The Kier molecular flexibility index (Phi) is 2.84. The van der Waals surface area contributed by atoms with Crippen LogP contribution in [0.4, 0.5) is 0 Å². The minimum Gasteiger partial charge on any atom is -0.372 e. The second-order valence-corrected chi connectivity index (χ2v) is 3.73. The molecule has 1 fully saturated rings. The van der Waals surface area contributed by atoms with E-state index in [2.05, 4.69) is 9.97 Å². The summed E-state index contributed by atoms with van der Waals surface area (Å²) in [6, 6.07) is 0. The van der Waals surface area contributed by atoms with Crippen LogP contribution in [0, 0.1) is 6.92 Å². The SMILES string of the molecule is Cc1[nH]c(CCN)nc1C1CCCO1. The Balaban J connectivity index is 2.15. The predicted molar refractivity (Wildman–Crippen MR) is 54.0 cm³/mol. The lowest BCUT2D eigenvalue weighted by Gasteiger charge is -2.05. The lowest BCUT2D eigenvalue weighted by Crippen LogP contribution is -2.04. The van der Waals surface area contributed by atoms with Crippen molar-refractivity contribution in [3.63, 3.8) is 0 Å². The van der Waals surface area contributed by atoms with Crippen molar-refractivity contribution in [2.45, 2.75) is 32.3 Å². The molecule has 0 radical (unpaired) electrons. The number of nitrogens with one attached hydrogen (secondary N) is 1. The molecule has 14 heavy (non-hydrogen) atoms. The van der Waals surface area contributed by atoms with E-state index in [-0.39, 0.29) is 6.10 Å². The molecule has 0 spiro atoms. The molecule has 1 aliphatic rings. The summed E-state index contributed by atoms with van der Waals surface area (Å²) >= 11 is 0. The first kappa shape index (κ1) is 9.68. The Hall–Kier alpha value is -0.870. The van der Waals surface area contributed by atoms with Crippen molar-refractivity contribution in [1.82, 2.24) is 9.97 Å². The maximum absolute atomic E-state index is 5.60. The van der Waals surface area contributed by atoms with Gasteiger partial charge in [0.25, 0.3) is 0 Å². The van der Waals surface area contributed by atoms with Gasteiger partial charge in [-0.05, 0) is 26.3 Å². The van der Waals surface area contributed by atoms with E-state index in [1.165, 1.54) is 0 Å². The average Bonchev–Trinajstić information content (AvgIpc) is 2.74. The van der Waals surface area contributed by atoms with Crippen LogP contribution in [0.2, 0.25) is 0 Å². The third kappa shape index (κ3) is 1.81. The average molecular weight is 195 g/mol. The molecule has 1 atom stereocenters. The molecule has 78 valence electrons. The van der Waals surface area contributed by atoms with E-state index in [4.69, 9.17) is 10.5 Å². The van der Waals surface area contributed by atoms with Gasteiger partial charge in [-0.2, -0.15) is 0 Å². The van der Waals surface area contributed by atoms with Crippen molar-refractivity contribution in [1.29, 1.82) is 0 Å². The van der Waals surface area contributed by atoms with Crippen molar-refractivity contribution < 1.29 is 4.74 Å². The van der Waals surface area contributed by atoms with E-state index in [0.29, 0.717) is 6.54 Å². The van der Waals surface area contributed by atoms with E-state index in [0.717, 1.165) is 43.1 Å². The van der Waals surface area contributed by atoms with Gasteiger partial charge in [0.15, 0.2) is 0 Å². The number of rotatable bonds is 3. The first-order chi connectivity index (χ1) is 6.81. The van der Waals surface area contributed by atoms with Crippen LogP contribution < -0.4 is 5.73 Å². The number of nitrogens with zero attached hydrogens (tertiary/aromatic N) is 1. The van der Waals surface area contributed by atoms with Crippen LogP contribution in [0.25, 0.3) is 0 Å². The molecule has 0 aliphatic carbocycles. The molecule has 0 bridgehead atoms. The van der Waals surface area contributed by atoms with Crippen molar-refractivity contribution in [2.24, 2.45) is 5.73 Å². The maximum atomic E-state index is 5.60. The van der Waals surface area contributed by atoms with Crippen LogP contribution in [0.3, 0.4) is 0 Å². The molecule has 4 nitrogen and oxygen atoms in total. The molecular weight excluding hydrogens is 178 g/mol. The standard InChI is InChI=1S/C10H17N3O/c1-7-10(8-3-2-6-14-8)13-9(12-7)4-5-11/h8H,2-6,11H2,1H3,(H,12,13). The summed E-state index contributed by atoms with van der Waals surface area (Å²) in [7, 11) is 0. The maximum Gasteiger partial charge on any atom is 0.107 e. The van der Waals surface area contributed by atoms with E-state index < -0.39 is 0 Å². The predicted octanol–water partition coefficient (Wildman–Crippen LogP) is 1.07. The van der Waals surface area contributed by atoms with Gasteiger partial charge >= 0.3 is 0 Å². The quantitative estimate of drug-likeness (QED) is 0.758. The highest BCUT2D eigenvalue weighted by molar-refractivity contribution is 5.16. The highest BCUT2D eigenvalue weighted by Crippen LogP contribution is 2.29. The van der Waals surface area contributed by atoms with Crippen LogP contribution in [0.1, 0.15) is 36.2 Å². The van der Waals surface area contributed by atoms with E-state index in [1.807, 2.05) is 6.92 Å². The summed E-state index contributed by atoms with van der Waals surface area (Å²) in [4.78, 5) is 7.77. The highest BCUT2D eigenvalue weighted by Gasteiger charge is 2.22. The minimum atomic E-state index is 0.206. The topological polar surface area (TPSA) is 63.9 Å². The second-order valence-electron chi connectivity index (χ2n) is 3.73. The molecule has 1 aromatic heterocycles. The number of imidazole rings is 1. The zero-order valence-electron chi connectivity index (χ0n) is 8.55. The van der Waals surface area contributed by atoms with Gasteiger partial charge in [-0.25, -0.2) is 4.98 Å². The van der Waals surface area contributed by atoms with Crippen molar-refractivity contribution >= 4 is 0 Å². The van der Waals surface area contributed by atoms with Gasteiger partial charge in [0, 0.05) is 18.7 Å². The van der Waals surface area contributed by atoms with Gasteiger partial charge in [-0.3, -0.25) is 0 Å². The third-order valence-corrected chi connectivity index (χ3v) is 2.59. The fraction of sp³-hybridized carbons (Fsp3) is 0.700. The number of H-pyrrole nitrogens is 1. The number of ether oxygens (including phenoxy) is 1. The molecular formula is C10H17N3O. The first-order valence-corrected chi connectivity index (χ1v) is 5.18. The molecule has 1 unspecified atom stereocenters. The summed E-state index contributed by atoms with van der Waals surface area (Å²) in [5.41, 5.74) is 7.68. The van der Waals surface area contributed by atoms with Gasteiger partial charge in [0.05, 0.1) is 5.69 Å². The molecule has 4 heteroatoms. The summed E-state index contributed by atoms with van der Waals surface area (Å²) in [5.74, 6) is 0.982. The monoisotopic (exact) mass is 195 g/mol. The number of nitrogens with two attached hydrogens (primary N) is 1. The lowest BCUT2D eigenvalue weighted by molar-refractivity contribution is 0.108. The van der Waals surface area contributed by atoms with Gasteiger partial charge in [0.2, 0.25) is 0 Å². The summed E-state index contributed by atoms with van der Waals surface area (Å²) in [6.07, 6.45) is 3.25.